The molecule has 2 fully saturated rings. The molecule has 0 bridgehead atoms. The van der Waals surface area contributed by atoms with Gasteiger partial charge >= 0.3 is 5.97 Å². The molecule has 10 nitrogen and oxygen atoms in total. The number of β-lactam (4-membered cyclic amide) rings is 1. The Morgan fingerprint density at radius 2 is 2.32 bits per heavy atom. The van der Waals surface area contributed by atoms with Crippen molar-refractivity contribution in [3.05, 3.63) is 36.5 Å². The van der Waals surface area contributed by atoms with Gasteiger partial charge in [-0.1, -0.05) is 17.3 Å². The average molecular weight is 405 g/mol. The van der Waals surface area contributed by atoms with Gasteiger partial charge in [0.1, 0.15) is 35.5 Å². The van der Waals surface area contributed by atoms with Crippen LogP contribution in [0.5, 0.6) is 0 Å². The highest BCUT2D eigenvalue weighted by Gasteiger charge is 2.56. The van der Waals surface area contributed by atoms with E-state index in [9.17, 15) is 19.5 Å². The summed E-state index contributed by atoms with van der Waals surface area (Å²) < 4.78 is 0. The van der Waals surface area contributed by atoms with Crippen LogP contribution in [-0.4, -0.2) is 69.3 Å². The van der Waals surface area contributed by atoms with Gasteiger partial charge in [-0.15, -0.1) is 18.3 Å². The van der Waals surface area contributed by atoms with Crippen molar-refractivity contribution in [3.63, 3.8) is 0 Å². The monoisotopic (exact) mass is 405 g/mol. The molecule has 0 radical (unpaired) electrons. The van der Waals surface area contributed by atoms with Crippen molar-refractivity contribution >= 4 is 41.1 Å². The number of pyridine rings is 1. The number of carbonyl (C=O) groups is 3. The number of oxime groups is 1. The minimum Gasteiger partial charge on any atom is -0.481 e. The first-order valence-electron chi connectivity index (χ1n) is 8.27. The zero-order valence-corrected chi connectivity index (χ0v) is 15.8. The predicted molar refractivity (Wildman–Crippen MR) is 102 cm³/mol. The number of amides is 2. The maximum Gasteiger partial charge on any atom is 0.316 e. The number of nitrogens with one attached hydrogen (secondary N) is 1. The van der Waals surface area contributed by atoms with Crippen molar-refractivity contribution in [3.8, 4) is 0 Å². The second-order valence-electron chi connectivity index (χ2n) is 6.35. The SMILES string of the molecule is C=CC1(C(=O)O)CS[C@@H]2C(NC(=O)C(=NOC)c3cccc(N)n3)C(=O)N2C1. The van der Waals surface area contributed by atoms with Crippen LogP contribution in [0.25, 0.3) is 0 Å². The van der Waals surface area contributed by atoms with Gasteiger partial charge in [-0.2, -0.15) is 0 Å². The number of rotatable bonds is 6. The number of nitrogens with zero attached hydrogens (tertiary/aromatic N) is 3. The molecule has 2 amide bonds. The number of anilines is 1. The Morgan fingerprint density at radius 1 is 1.57 bits per heavy atom. The number of fused-ring (bicyclic) bond motifs is 1. The van der Waals surface area contributed by atoms with E-state index >= 15 is 0 Å². The first-order chi connectivity index (χ1) is 13.3. The molecule has 0 aliphatic carbocycles. The quantitative estimate of drug-likeness (QED) is 0.252. The molecule has 3 heterocycles. The molecule has 11 heteroatoms. The summed E-state index contributed by atoms with van der Waals surface area (Å²) in [6, 6.07) is 3.93. The van der Waals surface area contributed by atoms with Crippen molar-refractivity contribution in [2.24, 2.45) is 10.6 Å². The highest BCUT2D eigenvalue weighted by Crippen LogP contribution is 2.42. The fourth-order valence-corrected chi connectivity index (χ4v) is 4.56. The molecular formula is C17H19N5O5S. The molecule has 1 aromatic rings. The lowest BCUT2D eigenvalue weighted by Crippen LogP contribution is -2.73. The maximum absolute atomic E-state index is 12.7. The van der Waals surface area contributed by atoms with Gasteiger partial charge in [-0.05, 0) is 12.1 Å². The maximum atomic E-state index is 12.7. The molecule has 2 aliphatic rings. The van der Waals surface area contributed by atoms with Crippen LogP contribution in [0.1, 0.15) is 5.69 Å². The molecule has 2 aliphatic heterocycles. The Morgan fingerprint density at radius 3 is 2.93 bits per heavy atom. The Labute approximate surface area is 164 Å². The van der Waals surface area contributed by atoms with Gasteiger partial charge < -0.3 is 25.9 Å². The third kappa shape index (κ3) is 3.28. The molecule has 0 aromatic carbocycles. The molecule has 0 saturated carbocycles. The molecule has 1 aromatic heterocycles. The molecule has 2 unspecified atom stereocenters. The molecular weight excluding hydrogens is 386 g/mol. The van der Waals surface area contributed by atoms with Gasteiger partial charge in [0.2, 0.25) is 5.91 Å². The van der Waals surface area contributed by atoms with E-state index in [0.29, 0.717) is 0 Å². The molecule has 3 rings (SSSR count). The largest absolute Gasteiger partial charge is 0.481 e. The Balaban J connectivity index is 1.73. The first kappa shape index (κ1) is 19.7. The highest BCUT2D eigenvalue weighted by molar-refractivity contribution is 8.00. The Kier molecular flexibility index (Phi) is 5.27. The first-order valence-corrected chi connectivity index (χ1v) is 9.32. The second kappa shape index (κ2) is 7.50. The number of nitrogens with two attached hydrogens (primary N) is 1. The number of carboxylic acids is 1. The zero-order chi connectivity index (χ0) is 20.5. The lowest BCUT2D eigenvalue weighted by molar-refractivity contribution is -0.156. The van der Waals surface area contributed by atoms with Crippen LogP contribution in [0.3, 0.4) is 0 Å². The number of carboxylic acid groups (broad SMARTS) is 1. The summed E-state index contributed by atoms with van der Waals surface area (Å²) in [7, 11) is 1.29. The van der Waals surface area contributed by atoms with Crippen LogP contribution in [0.15, 0.2) is 36.0 Å². The molecule has 0 spiro atoms. The van der Waals surface area contributed by atoms with E-state index in [1.165, 1.54) is 29.8 Å². The van der Waals surface area contributed by atoms with E-state index < -0.39 is 23.3 Å². The Hall–Kier alpha value is -3.08. The third-order valence-electron chi connectivity index (χ3n) is 4.62. The number of nitrogen functional groups attached to an aromatic ring is 1. The van der Waals surface area contributed by atoms with Gasteiger partial charge in [0.25, 0.3) is 5.91 Å². The number of aliphatic carboxylic acids is 1. The van der Waals surface area contributed by atoms with E-state index in [1.807, 2.05) is 0 Å². The van der Waals surface area contributed by atoms with Crippen LogP contribution in [0.2, 0.25) is 0 Å². The highest BCUT2D eigenvalue weighted by atomic mass is 32.2. The third-order valence-corrected chi connectivity index (χ3v) is 6.17. The standard InChI is InChI=1S/C17H19N5O5S/c1-3-17(16(25)26)7-22-14(24)12(15(22)28-8-17)20-13(23)11(21-27-2)9-5-4-6-10(18)19-9/h3-6,12,15H,1,7-8H2,2H3,(H2,18,19)(H,20,23)(H,25,26)/t12?,15-,17?/m1/s1. The van der Waals surface area contributed by atoms with Crippen molar-refractivity contribution in [2.45, 2.75) is 11.4 Å². The van der Waals surface area contributed by atoms with Crippen LogP contribution < -0.4 is 11.1 Å². The van der Waals surface area contributed by atoms with E-state index in [0.717, 1.165) is 0 Å². The number of thioether (sulfide) groups is 1. The zero-order valence-electron chi connectivity index (χ0n) is 15.0. The molecule has 148 valence electrons. The average Bonchev–Trinajstić information content (AvgIpc) is 2.69. The minimum atomic E-state index is -1.19. The van der Waals surface area contributed by atoms with E-state index in [4.69, 9.17) is 10.6 Å². The second-order valence-corrected chi connectivity index (χ2v) is 7.46. The van der Waals surface area contributed by atoms with Gasteiger partial charge in [-0.25, -0.2) is 4.98 Å². The summed E-state index contributed by atoms with van der Waals surface area (Å²) in [5.41, 5.74) is 4.54. The number of hydrogen-bond acceptors (Lipinski definition) is 8. The number of hydrogen-bond donors (Lipinski definition) is 3. The van der Waals surface area contributed by atoms with Gasteiger partial charge in [-0.3, -0.25) is 14.4 Å². The van der Waals surface area contributed by atoms with E-state index in [2.05, 4.69) is 22.0 Å². The fraction of sp³-hybridized carbons (Fsp3) is 0.353. The van der Waals surface area contributed by atoms with Gasteiger partial charge in [0, 0.05) is 12.3 Å². The van der Waals surface area contributed by atoms with Crippen LogP contribution >= 0.6 is 11.8 Å². The Bertz CT molecular complexity index is 875. The summed E-state index contributed by atoms with van der Waals surface area (Å²) in [4.78, 5) is 46.9. The predicted octanol–water partition coefficient (Wildman–Crippen LogP) is -0.329. The van der Waals surface area contributed by atoms with Crippen molar-refractivity contribution < 1.29 is 24.3 Å². The lowest BCUT2D eigenvalue weighted by atomic mass is 9.87. The smallest absolute Gasteiger partial charge is 0.316 e. The number of aromatic nitrogens is 1. The minimum absolute atomic E-state index is 0.0183. The van der Waals surface area contributed by atoms with E-state index in [-0.39, 0.29) is 40.8 Å². The van der Waals surface area contributed by atoms with Crippen molar-refractivity contribution in [1.29, 1.82) is 0 Å². The molecule has 4 N–H and O–H groups in total. The van der Waals surface area contributed by atoms with Crippen LogP contribution in [0.4, 0.5) is 5.82 Å². The summed E-state index contributed by atoms with van der Waals surface area (Å²) >= 11 is 1.28. The molecule has 2 saturated heterocycles. The summed E-state index contributed by atoms with van der Waals surface area (Å²) in [6.45, 7) is 3.61. The number of carbonyl (C=O) groups excluding carboxylic acids is 2. The van der Waals surface area contributed by atoms with Crippen LogP contribution in [0, 0.1) is 5.41 Å². The van der Waals surface area contributed by atoms with Gasteiger partial charge in [0.05, 0.1) is 0 Å². The fourth-order valence-electron chi connectivity index (χ4n) is 3.02. The van der Waals surface area contributed by atoms with E-state index in [1.54, 1.807) is 18.2 Å². The molecule has 28 heavy (non-hydrogen) atoms. The summed E-state index contributed by atoms with van der Waals surface area (Å²) in [5, 5.41) is 15.4. The van der Waals surface area contributed by atoms with Crippen LogP contribution in [-0.2, 0) is 19.2 Å². The normalized spacial score (nSPS) is 26.7. The lowest BCUT2D eigenvalue weighted by Gasteiger charge is -2.53. The summed E-state index contributed by atoms with van der Waals surface area (Å²) in [6.07, 6.45) is 1.35. The summed E-state index contributed by atoms with van der Waals surface area (Å²) in [5.74, 6) is -1.58. The van der Waals surface area contributed by atoms with Gasteiger partial charge in [0.15, 0.2) is 5.71 Å². The molecule has 3 atom stereocenters. The topological polar surface area (TPSA) is 147 Å². The van der Waals surface area contributed by atoms with Crippen molar-refractivity contribution in [1.82, 2.24) is 15.2 Å². The van der Waals surface area contributed by atoms with Crippen molar-refractivity contribution in [2.75, 3.05) is 25.1 Å².